The fourth-order valence-corrected chi connectivity index (χ4v) is 4.11. The van der Waals surface area contributed by atoms with Gasteiger partial charge in [-0.2, -0.15) is 0 Å². The van der Waals surface area contributed by atoms with Crippen molar-refractivity contribution < 1.29 is 13.2 Å². The average Bonchev–Trinajstić information content (AvgIpc) is 3.52. The molecule has 3 aromatic rings. The predicted molar refractivity (Wildman–Crippen MR) is 108 cm³/mol. The highest BCUT2D eigenvalue weighted by Gasteiger charge is 2.27. The molecule has 4 rings (SSSR count). The van der Waals surface area contributed by atoms with E-state index in [1.54, 1.807) is 36.4 Å². The van der Waals surface area contributed by atoms with E-state index in [0.717, 1.165) is 12.8 Å². The summed E-state index contributed by atoms with van der Waals surface area (Å²) in [6.45, 7) is -0.188. The van der Waals surface area contributed by atoms with Crippen molar-refractivity contribution in [2.45, 2.75) is 30.3 Å². The van der Waals surface area contributed by atoms with Gasteiger partial charge in [0.1, 0.15) is 6.54 Å². The van der Waals surface area contributed by atoms with Gasteiger partial charge in [-0.25, -0.2) is 18.1 Å². The Morgan fingerprint density at radius 1 is 1.10 bits per heavy atom. The second kappa shape index (κ2) is 7.64. The Morgan fingerprint density at radius 3 is 2.55 bits per heavy atom. The van der Waals surface area contributed by atoms with E-state index in [4.69, 9.17) is 0 Å². The molecule has 10 heteroatoms. The number of nitrogens with one attached hydrogen (secondary N) is 3. The maximum absolute atomic E-state index is 12.3. The Labute approximate surface area is 166 Å². The van der Waals surface area contributed by atoms with Crippen molar-refractivity contribution in [3.05, 3.63) is 65.1 Å². The van der Waals surface area contributed by atoms with Gasteiger partial charge < -0.3 is 0 Å². The van der Waals surface area contributed by atoms with E-state index in [1.807, 2.05) is 0 Å². The lowest BCUT2D eigenvalue weighted by Gasteiger charge is -2.12. The summed E-state index contributed by atoms with van der Waals surface area (Å²) < 4.78 is 28.3. The third kappa shape index (κ3) is 4.44. The largest absolute Gasteiger partial charge is 0.299 e. The lowest BCUT2D eigenvalue weighted by Crippen LogP contribution is -2.35. The highest BCUT2D eigenvalue weighted by molar-refractivity contribution is 7.89. The van der Waals surface area contributed by atoms with E-state index >= 15 is 0 Å². The minimum absolute atomic E-state index is 0.0322. The number of anilines is 1. The maximum atomic E-state index is 12.3. The summed E-state index contributed by atoms with van der Waals surface area (Å²) in [5.41, 5.74) is 6.53. The van der Waals surface area contributed by atoms with Gasteiger partial charge in [0.2, 0.25) is 10.0 Å². The summed E-state index contributed by atoms with van der Waals surface area (Å²) in [6.07, 6.45) is 2.90. The Morgan fingerprint density at radius 2 is 1.83 bits per heavy atom. The molecule has 0 bridgehead atoms. The average molecular weight is 413 g/mol. The Hall–Kier alpha value is -3.24. The van der Waals surface area contributed by atoms with E-state index in [2.05, 4.69) is 20.6 Å². The van der Waals surface area contributed by atoms with Gasteiger partial charge in [-0.3, -0.25) is 25.0 Å². The number of hydrazine groups is 1. The summed E-state index contributed by atoms with van der Waals surface area (Å²) >= 11 is 0. The number of fused-ring (bicyclic) bond motifs is 1. The first kappa shape index (κ1) is 19.1. The van der Waals surface area contributed by atoms with Crippen molar-refractivity contribution in [3.63, 3.8) is 0 Å². The van der Waals surface area contributed by atoms with Crippen LogP contribution in [-0.2, 0) is 21.4 Å². The molecule has 1 aliphatic rings. The molecule has 1 aliphatic carbocycles. The molecule has 29 heavy (non-hydrogen) atoms. The van der Waals surface area contributed by atoms with Crippen molar-refractivity contribution in [1.29, 1.82) is 0 Å². The molecule has 0 unspecified atom stereocenters. The van der Waals surface area contributed by atoms with Gasteiger partial charge in [0, 0.05) is 6.04 Å². The first-order chi connectivity index (χ1) is 13.9. The second-order valence-corrected chi connectivity index (χ2v) is 8.48. The van der Waals surface area contributed by atoms with Crippen molar-refractivity contribution in [1.82, 2.24) is 19.7 Å². The summed E-state index contributed by atoms with van der Waals surface area (Å²) in [5.74, 6) is -0.435. The number of para-hydroxylation sites is 2. The molecule has 0 radical (unpaired) electrons. The minimum atomic E-state index is -3.52. The number of aromatic nitrogens is 2. The van der Waals surface area contributed by atoms with E-state index in [1.165, 1.54) is 22.9 Å². The number of nitrogens with zero attached hydrogens (tertiary/aromatic N) is 2. The number of sulfonamides is 1. The zero-order valence-corrected chi connectivity index (χ0v) is 16.1. The van der Waals surface area contributed by atoms with Crippen LogP contribution in [0, 0.1) is 0 Å². The van der Waals surface area contributed by atoms with Gasteiger partial charge in [0.05, 0.1) is 27.8 Å². The van der Waals surface area contributed by atoms with E-state index in [-0.39, 0.29) is 23.0 Å². The zero-order chi connectivity index (χ0) is 20.4. The molecule has 0 aliphatic heterocycles. The van der Waals surface area contributed by atoms with E-state index in [0.29, 0.717) is 16.7 Å². The molecule has 0 saturated heterocycles. The van der Waals surface area contributed by atoms with Gasteiger partial charge in [0.25, 0.3) is 11.5 Å². The molecule has 2 aromatic carbocycles. The van der Waals surface area contributed by atoms with Crippen LogP contribution >= 0.6 is 0 Å². The summed E-state index contributed by atoms with van der Waals surface area (Å²) in [6, 6.07) is 13.1. The maximum Gasteiger partial charge on any atom is 0.269 e. The van der Waals surface area contributed by atoms with Gasteiger partial charge >= 0.3 is 0 Å². The Kier molecular flexibility index (Phi) is 5.03. The third-order valence-corrected chi connectivity index (χ3v) is 6.00. The van der Waals surface area contributed by atoms with Crippen LogP contribution in [0.3, 0.4) is 0 Å². The molecule has 9 nitrogen and oxygen atoms in total. The predicted octanol–water partition coefficient (Wildman–Crippen LogP) is 0.980. The fourth-order valence-electron chi connectivity index (χ4n) is 2.81. The van der Waals surface area contributed by atoms with Crippen LogP contribution < -0.4 is 21.1 Å². The monoisotopic (exact) mass is 413 g/mol. The molecule has 1 heterocycles. The summed E-state index contributed by atoms with van der Waals surface area (Å²) in [7, 11) is -3.52. The molecule has 150 valence electrons. The van der Waals surface area contributed by atoms with Crippen LogP contribution in [0.25, 0.3) is 11.0 Å². The van der Waals surface area contributed by atoms with Crippen LogP contribution in [-0.4, -0.2) is 29.9 Å². The minimum Gasteiger partial charge on any atom is -0.299 e. The smallest absolute Gasteiger partial charge is 0.269 e. The first-order valence-corrected chi connectivity index (χ1v) is 10.5. The first-order valence-electron chi connectivity index (χ1n) is 9.04. The molecule has 3 N–H and O–H groups in total. The highest BCUT2D eigenvalue weighted by Crippen LogP contribution is 2.22. The van der Waals surface area contributed by atoms with Crippen molar-refractivity contribution in [3.8, 4) is 0 Å². The van der Waals surface area contributed by atoms with Gasteiger partial charge in [-0.05, 0) is 49.2 Å². The SMILES string of the molecule is O=C(Cn1c(=O)cnc2ccccc21)NNc1ccc(S(=O)(=O)NC2CC2)cc1. The van der Waals surface area contributed by atoms with Gasteiger partial charge in [-0.15, -0.1) is 0 Å². The van der Waals surface area contributed by atoms with Crippen LogP contribution in [0.15, 0.2) is 64.4 Å². The van der Waals surface area contributed by atoms with Gasteiger partial charge in [0.15, 0.2) is 0 Å². The lowest BCUT2D eigenvalue weighted by molar-refractivity contribution is -0.121. The van der Waals surface area contributed by atoms with E-state index < -0.39 is 15.9 Å². The second-order valence-electron chi connectivity index (χ2n) is 6.76. The van der Waals surface area contributed by atoms with Crippen LogP contribution in [0.1, 0.15) is 12.8 Å². The molecular formula is C19H19N5O4S. The summed E-state index contributed by atoms with van der Waals surface area (Å²) in [5, 5.41) is 0. The lowest BCUT2D eigenvalue weighted by atomic mass is 10.3. The number of hydrogen-bond acceptors (Lipinski definition) is 6. The Balaban J connectivity index is 1.40. The highest BCUT2D eigenvalue weighted by atomic mass is 32.2. The van der Waals surface area contributed by atoms with Crippen molar-refractivity contribution in [2.75, 3.05) is 5.43 Å². The van der Waals surface area contributed by atoms with Crippen LogP contribution in [0.2, 0.25) is 0 Å². The zero-order valence-electron chi connectivity index (χ0n) is 15.3. The number of hydrogen-bond donors (Lipinski definition) is 3. The van der Waals surface area contributed by atoms with Gasteiger partial charge in [-0.1, -0.05) is 12.1 Å². The van der Waals surface area contributed by atoms with Crippen LogP contribution in [0.5, 0.6) is 0 Å². The van der Waals surface area contributed by atoms with E-state index in [9.17, 15) is 18.0 Å². The Bertz CT molecular complexity index is 1220. The standard InChI is InChI=1S/C19H19N5O4S/c25-18(12-24-17-4-2-1-3-16(17)20-11-19(24)26)22-21-13-7-9-15(10-8-13)29(27,28)23-14-5-6-14/h1-4,7-11,14,21,23H,5-6,12H2,(H,22,25). The number of rotatable bonds is 7. The number of carbonyl (C=O) groups is 1. The summed E-state index contributed by atoms with van der Waals surface area (Å²) in [4.78, 5) is 28.6. The quantitative estimate of drug-likeness (QED) is 0.497. The number of carbonyl (C=O) groups excluding carboxylic acids is 1. The van der Waals surface area contributed by atoms with Crippen LogP contribution in [0.4, 0.5) is 5.69 Å². The fraction of sp³-hybridized carbons (Fsp3) is 0.211. The molecular weight excluding hydrogens is 394 g/mol. The molecule has 0 spiro atoms. The normalized spacial score (nSPS) is 13.9. The van der Waals surface area contributed by atoms with Crippen molar-refractivity contribution in [2.24, 2.45) is 0 Å². The molecule has 0 atom stereocenters. The number of benzene rings is 2. The molecule has 1 amide bonds. The molecule has 1 aromatic heterocycles. The topological polar surface area (TPSA) is 122 Å². The molecule has 1 fully saturated rings. The number of amides is 1. The molecule has 1 saturated carbocycles. The van der Waals surface area contributed by atoms with Crippen molar-refractivity contribution >= 4 is 32.7 Å². The third-order valence-electron chi connectivity index (χ3n) is 4.46.